The fourth-order valence-electron chi connectivity index (χ4n) is 2.52. The van der Waals surface area contributed by atoms with Crippen LogP contribution in [0.1, 0.15) is 39.8 Å². The number of imide groups is 1. The first-order chi connectivity index (χ1) is 12.1. The highest BCUT2D eigenvalue weighted by Crippen LogP contribution is 2.17. The normalized spacial score (nSPS) is 14.9. The fourth-order valence-corrected chi connectivity index (χ4v) is 2.52. The summed E-state index contributed by atoms with van der Waals surface area (Å²) in [6.07, 6.45) is 3.19. The molecular formula is C17H29N5O4. The summed E-state index contributed by atoms with van der Waals surface area (Å²) in [4.78, 5) is 44.9. The molecule has 1 aromatic rings. The van der Waals surface area contributed by atoms with E-state index in [-0.39, 0.29) is 24.7 Å². The molecule has 0 unspecified atom stereocenters. The number of hydrogen-bond donors (Lipinski definition) is 4. The van der Waals surface area contributed by atoms with Gasteiger partial charge in [-0.25, -0.2) is 9.78 Å². The summed E-state index contributed by atoms with van der Waals surface area (Å²) in [5, 5.41) is 9.61. The number of imidazole rings is 1. The van der Waals surface area contributed by atoms with Gasteiger partial charge in [0.05, 0.1) is 18.4 Å². The fraction of sp³-hybridized carbons (Fsp3) is 0.647. The van der Waals surface area contributed by atoms with E-state index in [1.54, 1.807) is 13.8 Å². The summed E-state index contributed by atoms with van der Waals surface area (Å²) in [6.45, 7) is 7.09. The topological polar surface area (TPSA) is 155 Å². The Morgan fingerprint density at radius 2 is 1.81 bits per heavy atom. The van der Waals surface area contributed by atoms with Crippen molar-refractivity contribution in [3.63, 3.8) is 0 Å². The summed E-state index contributed by atoms with van der Waals surface area (Å²) in [5.74, 6) is -3.04. The van der Waals surface area contributed by atoms with Crippen LogP contribution in [0, 0.1) is 11.8 Å². The molecule has 0 fully saturated rings. The molecule has 0 saturated heterocycles. The van der Waals surface area contributed by atoms with Crippen molar-refractivity contribution in [2.75, 3.05) is 0 Å². The predicted molar refractivity (Wildman–Crippen MR) is 95.8 cm³/mol. The van der Waals surface area contributed by atoms with Crippen LogP contribution in [0.15, 0.2) is 12.5 Å². The molecule has 0 aliphatic rings. The molecule has 3 atom stereocenters. The summed E-state index contributed by atoms with van der Waals surface area (Å²) in [5.41, 5.74) is 12.5. The Hall–Kier alpha value is -2.26. The Morgan fingerprint density at radius 3 is 2.23 bits per heavy atom. The molecule has 0 radical (unpaired) electrons. The van der Waals surface area contributed by atoms with Crippen molar-refractivity contribution in [3.05, 3.63) is 18.2 Å². The largest absolute Gasteiger partial charge is 0.480 e. The second-order valence-corrected chi connectivity index (χ2v) is 7.19. The van der Waals surface area contributed by atoms with E-state index in [1.807, 2.05) is 13.8 Å². The zero-order valence-electron chi connectivity index (χ0n) is 15.7. The second-order valence-electron chi connectivity index (χ2n) is 7.19. The van der Waals surface area contributed by atoms with E-state index >= 15 is 0 Å². The van der Waals surface area contributed by atoms with Crippen molar-refractivity contribution in [2.45, 2.75) is 58.7 Å². The Labute approximate surface area is 153 Å². The number of carbonyl (C=O) groups is 3. The molecule has 2 amide bonds. The van der Waals surface area contributed by atoms with Gasteiger partial charge in [-0.15, -0.1) is 0 Å². The molecule has 0 aliphatic heterocycles. The first-order valence-corrected chi connectivity index (χ1v) is 8.64. The van der Waals surface area contributed by atoms with Crippen LogP contribution in [-0.2, 0) is 20.8 Å². The van der Waals surface area contributed by atoms with Gasteiger partial charge in [0.25, 0.3) is 0 Å². The number of nitrogens with two attached hydrogens (primary N) is 2. The van der Waals surface area contributed by atoms with Gasteiger partial charge in [-0.3, -0.25) is 14.5 Å². The number of carboxylic acids is 1. The number of rotatable bonds is 9. The minimum Gasteiger partial charge on any atom is -0.480 e. The van der Waals surface area contributed by atoms with E-state index in [1.165, 1.54) is 12.5 Å². The average Bonchev–Trinajstić information content (AvgIpc) is 3.05. The lowest BCUT2D eigenvalue weighted by molar-refractivity contribution is -0.160. The van der Waals surface area contributed by atoms with Gasteiger partial charge in [0.1, 0.15) is 6.04 Å². The monoisotopic (exact) mass is 367 g/mol. The van der Waals surface area contributed by atoms with E-state index in [9.17, 15) is 19.5 Å². The number of carboxylic acid groups (broad SMARTS) is 1. The van der Waals surface area contributed by atoms with Crippen LogP contribution in [0.3, 0.4) is 0 Å². The maximum atomic E-state index is 12.9. The van der Waals surface area contributed by atoms with Gasteiger partial charge < -0.3 is 21.6 Å². The first-order valence-electron chi connectivity index (χ1n) is 8.64. The van der Waals surface area contributed by atoms with Crippen LogP contribution in [0.2, 0.25) is 0 Å². The maximum Gasteiger partial charge on any atom is 0.326 e. The van der Waals surface area contributed by atoms with Crippen molar-refractivity contribution in [1.29, 1.82) is 0 Å². The van der Waals surface area contributed by atoms with E-state index in [0.29, 0.717) is 5.69 Å². The van der Waals surface area contributed by atoms with Crippen molar-refractivity contribution >= 4 is 17.8 Å². The highest BCUT2D eigenvalue weighted by Gasteiger charge is 2.40. The number of nitrogens with zero attached hydrogens (tertiary/aromatic N) is 2. The number of amides is 2. The van der Waals surface area contributed by atoms with Crippen molar-refractivity contribution in [1.82, 2.24) is 14.9 Å². The molecule has 1 heterocycles. The van der Waals surface area contributed by atoms with Gasteiger partial charge in [-0.1, -0.05) is 27.7 Å². The number of aromatic amines is 1. The zero-order chi connectivity index (χ0) is 20.0. The molecule has 9 nitrogen and oxygen atoms in total. The lowest BCUT2D eigenvalue weighted by Gasteiger charge is -2.33. The third-order valence-corrected chi connectivity index (χ3v) is 4.08. The minimum atomic E-state index is -1.31. The molecule has 9 heteroatoms. The van der Waals surface area contributed by atoms with Crippen LogP contribution in [0.25, 0.3) is 0 Å². The van der Waals surface area contributed by atoms with Crippen LogP contribution in [-0.4, -0.2) is 55.9 Å². The molecule has 146 valence electrons. The second kappa shape index (κ2) is 9.44. The van der Waals surface area contributed by atoms with Gasteiger partial charge in [0.2, 0.25) is 11.8 Å². The molecule has 6 N–H and O–H groups in total. The number of carbonyl (C=O) groups excluding carboxylic acids is 2. The Balaban J connectivity index is 3.17. The molecule has 0 spiro atoms. The number of aromatic nitrogens is 2. The Morgan fingerprint density at radius 1 is 1.19 bits per heavy atom. The summed E-state index contributed by atoms with van der Waals surface area (Å²) in [7, 11) is 0. The molecule has 1 aromatic heterocycles. The smallest absolute Gasteiger partial charge is 0.326 e. The lowest BCUT2D eigenvalue weighted by atomic mass is 9.97. The summed E-state index contributed by atoms with van der Waals surface area (Å²) < 4.78 is 0. The minimum absolute atomic E-state index is 0.0432. The SMILES string of the molecule is CC(C)C[C@@H](C(=O)O)N(C(=O)[C@@H](N)C(C)C)C(=O)[C@@H](N)Cc1cnc[nH]1. The molecule has 0 aromatic carbocycles. The van der Waals surface area contributed by atoms with Crippen LogP contribution < -0.4 is 11.5 Å². The molecule has 1 rings (SSSR count). The van der Waals surface area contributed by atoms with Gasteiger partial charge in [-0.05, 0) is 18.3 Å². The molecule has 0 saturated carbocycles. The molecule has 0 aliphatic carbocycles. The Bertz CT molecular complexity index is 615. The maximum absolute atomic E-state index is 12.9. The number of H-pyrrole nitrogens is 1. The Kier molecular flexibility index (Phi) is 7.91. The van der Waals surface area contributed by atoms with E-state index < -0.39 is 35.9 Å². The van der Waals surface area contributed by atoms with E-state index in [2.05, 4.69) is 9.97 Å². The lowest BCUT2D eigenvalue weighted by Crippen LogP contribution is -2.59. The third-order valence-electron chi connectivity index (χ3n) is 4.08. The van der Waals surface area contributed by atoms with Crippen molar-refractivity contribution in [3.8, 4) is 0 Å². The average molecular weight is 367 g/mol. The van der Waals surface area contributed by atoms with Crippen LogP contribution >= 0.6 is 0 Å². The number of hydrogen-bond acceptors (Lipinski definition) is 6. The van der Waals surface area contributed by atoms with E-state index in [0.717, 1.165) is 4.90 Å². The van der Waals surface area contributed by atoms with Gasteiger partial charge in [-0.2, -0.15) is 0 Å². The van der Waals surface area contributed by atoms with Crippen molar-refractivity contribution < 1.29 is 19.5 Å². The summed E-state index contributed by atoms with van der Waals surface area (Å²) >= 11 is 0. The summed E-state index contributed by atoms with van der Waals surface area (Å²) in [6, 6.07) is -3.40. The van der Waals surface area contributed by atoms with Crippen LogP contribution in [0.5, 0.6) is 0 Å². The van der Waals surface area contributed by atoms with E-state index in [4.69, 9.17) is 11.5 Å². The zero-order valence-corrected chi connectivity index (χ0v) is 15.7. The highest BCUT2D eigenvalue weighted by molar-refractivity contribution is 6.03. The van der Waals surface area contributed by atoms with Gasteiger partial charge in [0.15, 0.2) is 0 Å². The quantitative estimate of drug-likeness (QED) is 0.483. The molecule has 26 heavy (non-hydrogen) atoms. The molecule has 0 bridgehead atoms. The van der Waals surface area contributed by atoms with Gasteiger partial charge >= 0.3 is 5.97 Å². The number of aliphatic carboxylic acids is 1. The highest BCUT2D eigenvalue weighted by atomic mass is 16.4. The van der Waals surface area contributed by atoms with Crippen molar-refractivity contribution in [2.24, 2.45) is 23.3 Å². The first kappa shape index (κ1) is 21.8. The third kappa shape index (κ3) is 5.63. The van der Waals surface area contributed by atoms with Crippen LogP contribution in [0.4, 0.5) is 0 Å². The molecular weight excluding hydrogens is 338 g/mol. The van der Waals surface area contributed by atoms with Gasteiger partial charge in [0, 0.05) is 18.3 Å². The predicted octanol–water partition coefficient (Wildman–Crippen LogP) is 0.117. The number of nitrogens with one attached hydrogen (secondary N) is 1. The standard InChI is InChI=1S/C17H29N5O4/c1-9(2)5-13(17(25)26)22(16(24)14(19)10(3)4)15(23)12(18)6-11-7-20-8-21-11/h7-10,12-14H,5-6,18-19H2,1-4H3,(H,20,21)(H,25,26)/t12-,13-,14-/m0/s1.